The number of sulfonamides is 1. The van der Waals surface area contributed by atoms with Crippen LogP contribution >= 0.6 is 0 Å². The van der Waals surface area contributed by atoms with Crippen molar-refractivity contribution in [2.75, 3.05) is 11.3 Å². The molecular formula is C12H17NO4S. The molecule has 0 heterocycles. The summed E-state index contributed by atoms with van der Waals surface area (Å²) in [5, 5.41) is 8.97. The average molecular weight is 271 g/mol. The molecule has 0 aromatic heterocycles. The van der Waals surface area contributed by atoms with Gasteiger partial charge < -0.3 is 9.84 Å². The topological polar surface area (TPSA) is 75.6 Å². The number of benzene rings is 1. The first kappa shape index (κ1) is 13.2. The molecule has 6 heteroatoms. The molecule has 2 N–H and O–H groups in total. The smallest absolute Gasteiger partial charge is 0.235 e. The summed E-state index contributed by atoms with van der Waals surface area (Å²) in [6.45, 7) is 2.17. The van der Waals surface area contributed by atoms with Crippen LogP contribution in [0.2, 0.25) is 0 Å². The summed E-state index contributed by atoms with van der Waals surface area (Å²) < 4.78 is 31.4. The fourth-order valence-electron chi connectivity index (χ4n) is 1.69. The Morgan fingerprint density at radius 3 is 2.72 bits per heavy atom. The zero-order valence-electron chi connectivity index (χ0n) is 10.2. The van der Waals surface area contributed by atoms with Crippen LogP contribution in [-0.4, -0.2) is 25.4 Å². The monoisotopic (exact) mass is 271 g/mol. The second-order valence-electron chi connectivity index (χ2n) is 4.26. The van der Waals surface area contributed by atoms with Gasteiger partial charge in [0.2, 0.25) is 10.0 Å². The van der Waals surface area contributed by atoms with Gasteiger partial charge >= 0.3 is 0 Å². The van der Waals surface area contributed by atoms with E-state index in [4.69, 9.17) is 4.74 Å². The number of aliphatic hydroxyl groups excluding tert-OH is 1. The molecule has 100 valence electrons. The van der Waals surface area contributed by atoms with E-state index in [2.05, 4.69) is 4.72 Å². The maximum atomic E-state index is 11.8. The normalized spacial score (nSPS) is 15.4. The summed E-state index contributed by atoms with van der Waals surface area (Å²) in [5.41, 5.74) is 1.04. The van der Waals surface area contributed by atoms with Crippen LogP contribution < -0.4 is 9.46 Å². The fraction of sp³-hybridized carbons (Fsp3) is 0.500. The van der Waals surface area contributed by atoms with Gasteiger partial charge in [-0.05, 0) is 38.0 Å². The molecule has 0 aliphatic heterocycles. The van der Waals surface area contributed by atoms with Crippen LogP contribution in [0.5, 0.6) is 5.75 Å². The van der Waals surface area contributed by atoms with Gasteiger partial charge in [0.15, 0.2) is 0 Å². The fourth-order valence-corrected chi connectivity index (χ4v) is 3.07. The molecule has 1 aromatic carbocycles. The van der Waals surface area contributed by atoms with Gasteiger partial charge in [-0.15, -0.1) is 0 Å². The van der Waals surface area contributed by atoms with Crippen molar-refractivity contribution >= 4 is 15.7 Å². The van der Waals surface area contributed by atoms with Crippen molar-refractivity contribution in [3.63, 3.8) is 0 Å². The molecule has 0 atom stereocenters. The highest BCUT2D eigenvalue weighted by Gasteiger charge is 2.35. The van der Waals surface area contributed by atoms with E-state index in [1.54, 1.807) is 18.2 Å². The van der Waals surface area contributed by atoms with E-state index in [-0.39, 0.29) is 11.9 Å². The van der Waals surface area contributed by atoms with Gasteiger partial charge in [0.05, 0.1) is 18.5 Å². The lowest BCUT2D eigenvalue weighted by atomic mass is 10.2. The third-order valence-electron chi connectivity index (χ3n) is 2.75. The molecule has 1 aromatic rings. The number of hydrogen-bond acceptors (Lipinski definition) is 4. The van der Waals surface area contributed by atoms with Gasteiger partial charge in [0, 0.05) is 11.3 Å². The maximum absolute atomic E-state index is 11.8. The third-order valence-corrected chi connectivity index (χ3v) is 4.62. The van der Waals surface area contributed by atoms with E-state index in [0.29, 0.717) is 23.6 Å². The zero-order chi connectivity index (χ0) is 13.2. The quantitative estimate of drug-likeness (QED) is 0.821. The molecule has 1 saturated carbocycles. The number of ether oxygens (including phenoxy) is 1. The van der Waals surface area contributed by atoms with Crippen LogP contribution in [0, 0.1) is 0 Å². The Bertz CT molecular complexity index is 523. The average Bonchev–Trinajstić information content (AvgIpc) is 3.15. The van der Waals surface area contributed by atoms with E-state index >= 15 is 0 Å². The standard InChI is InChI=1S/C12H17NO4S/c1-2-17-12-6-3-10(7-9(12)8-14)13-18(15,16)11-4-5-11/h3,6-7,11,13-14H,2,4-5,8H2,1H3. The zero-order valence-corrected chi connectivity index (χ0v) is 11.0. The highest BCUT2D eigenvalue weighted by atomic mass is 32.2. The van der Waals surface area contributed by atoms with E-state index in [1.807, 2.05) is 6.92 Å². The van der Waals surface area contributed by atoms with Gasteiger partial charge in [-0.25, -0.2) is 8.42 Å². The van der Waals surface area contributed by atoms with Crippen LogP contribution in [0.4, 0.5) is 5.69 Å². The minimum atomic E-state index is -3.26. The van der Waals surface area contributed by atoms with Crippen LogP contribution in [0.3, 0.4) is 0 Å². The summed E-state index contributed by atoms with van der Waals surface area (Å²) in [5.74, 6) is 0.578. The Morgan fingerprint density at radius 1 is 1.44 bits per heavy atom. The lowest BCUT2D eigenvalue weighted by Gasteiger charge is -2.12. The van der Waals surface area contributed by atoms with Gasteiger partial charge in [0.25, 0.3) is 0 Å². The van der Waals surface area contributed by atoms with E-state index < -0.39 is 10.0 Å². The van der Waals surface area contributed by atoms with Crippen LogP contribution in [0.25, 0.3) is 0 Å². The van der Waals surface area contributed by atoms with Crippen molar-refractivity contribution in [3.8, 4) is 5.75 Å². The van der Waals surface area contributed by atoms with Crippen LogP contribution in [0.1, 0.15) is 25.3 Å². The summed E-state index contributed by atoms with van der Waals surface area (Å²) in [6.07, 6.45) is 1.44. The minimum Gasteiger partial charge on any atom is -0.494 e. The molecule has 0 amide bonds. The molecule has 0 unspecified atom stereocenters. The van der Waals surface area contributed by atoms with Crippen LogP contribution in [-0.2, 0) is 16.6 Å². The second kappa shape index (κ2) is 5.16. The second-order valence-corrected chi connectivity index (χ2v) is 6.22. The van der Waals surface area contributed by atoms with Crippen molar-refractivity contribution in [3.05, 3.63) is 23.8 Å². The third kappa shape index (κ3) is 2.94. The van der Waals surface area contributed by atoms with E-state index in [0.717, 1.165) is 12.8 Å². The largest absolute Gasteiger partial charge is 0.494 e. The first-order valence-electron chi connectivity index (χ1n) is 5.95. The highest BCUT2D eigenvalue weighted by Crippen LogP contribution is 2.31. The summed E-state index contributed by atoms with van der Waals surface area (Å²) >= 11 is 0. The molecule has 1 fully saturated rings. The van der Waals surface area contributed by atoms with Crippen molar-refractivity contribution in [2.45, 2.75) is 31.6 Å². The maximum Gasteiger partial charge on any atom is 0.235 e. The Labute approximate surface area is 107 Å². The minimum absolute atomic E-state index is 0.186. The van der Waals surface area contributed by atoms with Crippen molar-refractivity contribution in [1.29, 1.82) is 0 Å². The lowest BCUT2D eigenvalue weighted by molar-refractivity contribution is 0.267. The van der Waals surface area contributed by atoms with Gasteiger partial charge in [-0.3, -0.25) is 4.72 Å². The number of aliphatic hydroxyl groups is 1. The summed E-state index contributed by atoms with van der Waals surface area (Å²) in [7, 11) is -3.26. The number of rotatable bonds is 6. The molecule has 0 radical (unpaired) electrons. The lowest BCUT2D eigenvalue weighted by Crippen LogP contribution is -2.17. The predicted molar refractivity (Wildman–Crippen MR) is 69.1 cm³/mol. The first-order chi connectivity index (χ1) is 8.56. The Hall–Kier alpha value is -1.27. The van der Waals surface area contributed by atoms with E-state index in [1.165, 1.54) is 0 Å². The first-order valence-corrected chi connectivity index (χ1v) is 7.49. The molecule has 5 nitrogen and oxygen atoms in total. The van der Waals surface area contributed by atoms with Crippen molar-refractivity contribution in [1.82, 2.24) is 0 Å². The molecule has 0 bridgehead atoms. The molecule has 1 aliphatic rings. The molecule has 1 aliphatic carbocycles. The Morgan fingerprint density at radius 2 is 2.17 bits per heavy atom. The van der Waals surface area contributed by atoms with Crippen molar-refractivity contribution in [2.24, 2.45) is 0 Å². The molecule has 18 heavy (non-hydrogen) atoms. The Balaban J connectivity index is 2.19. The van der Waals surface area contributed by atoms with Gasteiger partial charge in [-0.1, -0.05) is 0 Å². The van der Waals surface area contributed by atoms with Crippen LogP contribution in [0.15, 0.2) is 18.2 Å². The highest BCUT2D eigenvalue weighted by molar-refractivity contribution is 7.93. The van der Waals surface area contributed by atoms with Crippen molar-refractivity contribution < 1.29 is 18.3 Å². The molecule has 0 spiro atoms. The number of anilines is 1. The Kier molecular flexibility index (Phi) is 3.77. The summed E-state index contributed by atoms with van der Waals surface area (Å²) in [4.78, 5) is 0. The number of nitrogens with one attached hydrogen (secondary N) is 1. The van der Waals surface area contributed by atoms with Gasteiger partial charge in [0.1, 0.15) is 5.75 Å². The van der Waals surface area contributed by atoms with E-state index in [9.17, 15) is 13.5 Å². The number of hydrogen-bond donors (Lipinski definition) is 2. The SMILES string of the molecule is CCOc1ccc(NS(=O)(=O)C2CC2)cc1CO. The molecule has 2 rings (SSSR count). The van der Waals surface area contributed by atoms with Gasteiger partial charge in [-0.2, -0.15) is 0 Å². The molecule has 0 saturated heterocycles. The molecular weight excluding hydrogens is 254 g/mol. The predicted octanol–water partition coefficient (Wildman–Crippen LogP) is 1.48. The summed E-state index contributed by atoms with van der Waals surface area (Å²) in [6, 6.07) is 4.91.